The van der Waals surface area contributed by atoms with E-state index in [1.165, 1.54) is 0 Å². The maximum absolute atomic E-state index is 6.20. The summed E-state index contributed by atoms with van der Waals surface area (Å²) < 4.78 is 11.3. The van der Waals surface area contributed by atoms with Crippen LogP contribution in [0.2, 0.25) is 5.02 Å². The highest BCUT2D eigenvalue weighted by molar-refractivity contribution is 6.32. The highest BCUT2D eigenvalue weighted by Crippen LogP contribution is 2.28. The SMILES string of the molecule is CCNCc1cccc(Cl)c1OCCOCCC(C)C. The summed E-state index contributed by atoms with van der Waals surface area (Å²) in [6, 6.07) is 5.83. The van der Waals surface area contributed by atoms with Gasteiger partial charge in [0, 0.05) is 18.7 Å². The van der Waals surface area contributed by atoms with Gasteiger partial charge in [-0.05, 0) is 24.9 Å². The molecular weight excluding hydrogens is 274 g/mol. The second-order valence-corrected chi connectivity index (χ2v) is 5.56. The van der Waals surface area contributed by atoms with Gasteiger partial charge in [-0.15, -0.1) is 0 Å². The Hall–Kier alpha value is -0.770. The third kappa shape index (κ3) is 6.60. The fourth-order valence-electron chi connectivity index (χ4n) is 1.74. The molecule has 20 heavy (non-hydrogen) atoms. The smallest absolute Gasteiger partial charge is 0.142 e. The topological polar surface area (TPSA) is 30.5 Å². The summed E-state index contributed by atoms with van der Waals surface area (Å²) in [6.45, 7) is 10.1. The molecule has 114 valence electrons. The van der Waals surface area contributed by atoms with Gasteiger partial charge < -0.3 is 14.8 Å². The van der Waals surface area contributed by atoms with Crippen LogP contribution in [0.3, 0.4) is 0 Å². The van der Waals surface area contributed by atoms with E-state index in [2.05, 4.69) is 26.1 Å². The van der Waals surface area contributed by atoms with E-state index >= 15 is 0 Å². The van der Waals surface area contributed by atoms with E-state index < -0.39 is 0 Å². The Balaban J connectivity index is 2.38. The number of ether oxygens (including phenoxy) is 2. The summed E-state index contributed by atoms with van der Waals surface area (Å²) in [5, 5.41) is 3.94. The molecule has 0 aromatic heterocycles. The van der Waals surface area contributed by atoms with Crippen molar-refractivity contribution in [1.82, 2.24) is 5.32 Å². The summed E-state index contributed by atoms with van der Waals surface area (Å²) in [7, 11) is 0. The molecule has 0 amide bonds. The van der Waals surface area contributed by atoms with Crippen molar-refractivity contribution in [1.29, 1.82) is 0 Å². The molecule has 0 bridgehead atoms. The van der Waals surface area contributed by atoms with E-state index in [1.807, 2.05) is 18.2 Å². The van der Waals surface area contributed by atoms with Crippen LogP contribution >= 0.6 is 11.6 Å². The first-order valence-electron chi connectivity index (χ1n) is 7.33. The van der Waals surface area contributed by atoms with Crippen LogP contribution in [0.1, 0.15) is 32.8 Å². The van der Waals surface area contributed by atoms with Crippen molar-refractivity contribution in [3.05, 3.63) is 28.8 Å². The zero-order chi connectivity index (χ0) is 14.8. The number of hydrogen-bond donors (Lipinski definition) is 1. The average molecular weight is 300 g/mol. The Morgan fingerprint density at radius 2 is 2.00 bits per heavy atom. The molecule has 0 fully saturated rings. The molecule has 0 saturated heterocycles. The highest BCUT2D eigenvalue weighted by Gasteiger charge is 2.07. The van der Waals surface area contributed by atoms with Crippen molar-refractivity contribution in [3.8, 4) is 5.75 Å². The summed E-state index contributed by atoms with van der Waals surface area (Å²) >= 11 is 6.20. The second-order valence-electron chi connectivity index (χ2n) is 5.15. The number of hydrogen-bond acceptors (Lipinski definition) is 3. The van der Waals surface area contributed by atoms with Crippen LogP contribution in [0, 0.1) is 5.92 Å². The van der Waals surface area contributed by atoms with Gasteiger partial charge in [0.25, 0.3) is 0 Å². The minimum Gasteiger partial charge on any atom is -0.489 e. The molecule has 4 heteroatoms. The molecule has 3 nitrogen and oxygen atoms in total. The molecule has 0 spiro atoms. The van der Waals surface area contributed by atoms with Crippen molar-refractivity contribution < 1.29 is 9.47 Å². The first-order valence-corrected chi connectivity index (χ1v) is 7.71. The molecule has 1 N–H and O–H groups in total. The maximum Gasteiger partial charge on any atom is 0.142 e. The normalized spacial score (nSPS) is 11.1. The highest BCUT2D eigenvalue weighted by atomic mass is 35.5. The molecule has 0 atom stereocenters. The van der Waals surface area contributed by atoms with E-state index in [0.29, 0.717) is 24.2 Å². The maximum atomic E-state index is 6.20. The minimum absolute atomic E-state index is 0.529. The lowest BCUT2D eigenvalue weighted by molar-refractivity contribution is 0.0923. The standard InChI is InChI=1S/C16H26ClNO2/c1-4-18-12-14-6-5-7-15(17)16(14)20-11-10-19-9-8-13(2)3/h5-7,13,18H,4,8-12H2,1-3H3. The minimum atomic E-state index is 0.529. The predicted octanol–water partition coefficient (Wildman–Crippen LogP) is 3.89. The summed E-state index contributed by atoms with van der Waals surface area (Å²) in [4.78, 5) is 0. The Morgan fingerprint density at radius 1 is 1.20 bits per heavy atom. The van der Waals surface area contributed by atoms with Crippen molar-refractivity contribution in [3.63, 3.8) is 0 Å². The Morgan fingerprint density at radius 3 is 2.70 bits per heavy atom. The van der Waals surface area contributed by atoms with Gasteiger partial charge in [-0.2, -0.15) is 0 Å². The Bertz CT molecular complexity index is 383. The van der Waals surface area contributed by atoms with Gasteiger partial charge in [0.2, 0.25) is 0 Å². The first kappa shape index (κ1) is 17.3. The van der Waals surface area contributed by atoms with E-state index in [4.69, 9.17) is 21.1 Å². The van der Waals surface area contributed by atoms with Crippen LogP contribution in [0.15, 0.2) is 18.2 Å². The van der Waals surface area contributed by atoms with Crippen LogP contribution in [0.4, 0.5) is 0 Å². The van der Waals surface area contributed by atoms with Gasteiger partial charge in [-0.3, -0.25) is 0 Å². The largest absolute Gasteiger partial charge is 0.489 e. The van der Waals surface area contributed by atoms with E-state index in [-0.39, 0.29) is 0 Å². The summed E-state index contributed by atoms with van der Waals surface area (Å²) in [5.74, 6) is 1.44. The van der Waals surface area contributed by atoms with Crippen LogP contribution in [-0.2, 0) is 11.3 Å². The quantitative estimate of drug-likeness (QED) is 0.665. The molecule has 0 unspecified atom stereocenters. The van der Waals surface area contributed by atoms with E-state index in [9.17, 15) is 0 Å². The fraction of sp³-hybridized carbons (Fsp3) is 0.625. The lowest BCUT2D eigenvalue weighted by Gasteiger charge is -2.14. The van der Waals surface area contributed by atoms with Crippen molar-refractivity contribution >= 4 is 11.6 Å². The van der Waals surface area contributed by atoms with Crippen molar-refractivity contribution in [2.24, 2.45) is 5.92 Å². The third-order valence-corrected chi connectivity index (χ3v) is 3.23. The van der Waals surface area contributed by atoms with Crippen LogP contribution < -0.4 is 10.1 Å². The Kier molecular flexibility index (Phi) is 8.67. The number of para-hydroxylation sites is 1. The molecule has 1 aromatic carbocycles. The van der Waals surface area contributed by atoms with Gasteiger partial charge in [0.1, 0.15) is 12.4 Å². The number of rotatable bonds is 10. The molecule has 0 heterocycles. The lowest BCUT2D eigenvalue weighted by Crippen LogP contribution is -2.14. The molecule has 0 radical (unpaired) electrons. The zero-order valence-electron chi connectivity index (χ0n) is 12.7. The monoisotopic (exact) mass is 299 g/mol. The molecule has 0 saturated carbocycles. The van der Waals surface area contributed by atoms with Crippen molar-refractivity contribution in [2.45, 2.75) is 33.7 Å². The first-order chi connectivity index (χ1) is 9.65. The van der Waals surface area contributed by atoms with Crippen molar-refractivity contribution in [2.75, 3.05) is 26.4 Å². The van der Waals surface area contributed by atoms with Crippen LogP contribution in [0.25, 0.3) is 0 Å². The van der Waals surface area contributed by atoms with Gasteiger partial charge in [-0.25, -0.2) is 0 Å². The van der Waals surface area contributed by atoms with Crippen LogP contribution in [0.5, 0.6) is 5.75 Å². The second kappa shape index (κ2) is 10.0. The Labute approximate surface area is 127 Å². The fourth-order valence-corrected chi connectivity index (χ4v) is 1.99. The number of benzene rings is 1. The van der Waals surface area contributed by atoms with E-state index in [0.717, 1.165) is 37.4 Å². The van der Waals surface area contributed by atoms with Gasteiger partial charge in [0.15, 0.2) is 0 Å². The van der Waals surface area contributed by atoms with Crippen LogP contribution in [-0.4, -0.2) is 26.4 Å². The summed E-state index contributed by atoms with van der Waals surface area (Å²) in [5.41, 5.74) is 1.08. The molecule has 0 aliphatic rings. The molecule has 1 aromatic rings. The molecule has 1 rings (SSSR count). The lowest BCUT2D eigenvalue weighted by atomic mass is 10.1. The predicted molar refractivity (Wildman–Crippen MR) is 84.6 cm³/mol. The molecule has 0 aliphatic carbocycles. The van der Waals surface area contributed by atoms with Gasteiger partial charge >= 0.3 is 0 Å². The van der Waals surface area contributed by atoms with E-state index in [1.54, 1.807) is 0 Å². The number of nitrogens with one attached hydrogen (secondary N) is 1. The average Bonchev–Trinajstić information content (AvgIpc) is 2.42. The van der Waals surface area contributed by atoms with Gasteiger partial charge in [0.05, 0.1) is 11.6 Å². The molecular formula is C16H26ClNO2. The van der Waals surface area contributed by atoms with Gasteiger partial charge in [-0.1, -0.05) is 44.5 Å². The summed E-state index contributed by atoms with van der Waals surface area (Å²) in [6.07, 6.45) is 1.08. The molecule has 0 aliphatic heterocycles. The number of halogens is 1. The third-order valence-electron chi connectivity index (χ3n) is 2.93. The zero-order valence-corrected chi connectivity index (χ0v) is 13.5.